The molecule has 1 heterocycles. The second-order valence-corrected chi connectivity index (χ2v) is 7.74. The van der Waals surface area contributed by atoms with E-state index in [-0.39, 0.29) is 0 Å². The number of aryl methyl sites for hydroxylation is 1. The monoisotopic (exact) mass is 269 g/mol. The number of sulfone groups is 1. The molecule has 1 aromatic rings. The summed E-state index contributed by atoms with van der Waals surface area (Å²) in [6, 6.07) is 3.88. The Kier molecular flexibility index (Phi) is 4.20. The van der Waals surface area contributed by atoms with Crippen LogP contribution in [0.5, 0.6) is 0 Å². The Morgan fingerprint density at radius 1 is 1.50 bits per heavy atom. The summed E-state index contributed by atoms with van der Waals surface area (Å²) in [5, 5.41) is 11.9. The van der Waals surface area contributed by atoms with Gasteiger partial charge in [0.1, 0.15) is 11.8 Å². The van der Waals surface area contributed by atoms with E-state index in [0.717, 1.165) is 5.56 Å². The normalized spacial score (nSPS) is 12.4. The largest absolute Gasteiger partial charge is 0.342 e. The molecule has 1 aromatic heterocycles. The van der Waals surface area contributed by atoms with E-state index in [0.29, 0.717) is 18.8 Å². The Morgan fingerprint density at radius 2 is 2.11 bits per heavy atom. The van der Waals surface area contributed by atoms with Gasteiger partial charge in [0.05, 0.1) is 4.75 Å². The molecule has 1 N–H and O–H groups in total. The van der Waals surface area contributed by atoms with Gasteiger partial charge in [0, 0.05) is 32.6 Å². The van der Waals surface area contributed by atoms with Crippen LogP contribution in [0.1, 0.15) is 25.1 Å². The van der Waals surface area contributed by atoms with Gasteiger partial charge in [0.25, 0.3) is 0 Å². The molecule has 0 fully saturated rings. The number of nitriles is 1. The van der Waals surface area contributed by atoms with Crippen molar-refractivity contribution >= 4 is 9.84 Å². The molecule has 0 amide bonds. The highest BCUT2D eigenvalue weighted by atomic mass is 32.2. The Bertz CT molecular complexity index is 565. The maximum absolute atomic E-state index is 11.5. The van der Waals surface area contributed by atoms with Gasteiger partial charge in [-0.3, -0.25) is 0 Å². The van der Waals surface area contributed by atoms with Crippen LogP contribution < -0.4 is 5.32 Å². The summed E-state index contributed by atoms with van der Waals surface area (Å²) in [7, 11) is -1.28. The summed E-state index contributed by atoms with van der Waals surface area (Å²) in [5.41, 5.74) is 1.56. The maximum Gasteiger partial charge on any atom is 0.153 e. The third kappa shape index (κ3) is 3.34. The van der Waals surface area contributed by atoms with Crippen LogP contribution in [0.15, 0.2) is 12.3 Å². The fraction of sp³-hybridized carbons (Fsp3) is 0.583. The lowest BCUT2D eigenvalue weighted by Gasteiger charge is -2.22. The van der Waals surface area contributed by atoms with Crippen molar-refractivity contribution in [3.63, 3.8) is 0 Å². The topological polar surface area (TPSA) is 74.9 Å². The fourth-order valence-corrected chi connectivity index (χ4v) is 1.84. The molecule has 0 aliphatic carbocycles. The SMILES string of the molecule is Cn1cc(CNCC(C)(C)S(C)(=O)=O)cc1C#N. The summed E-state index contributed by atoms with van der Waals surface area (Å²) in [6.07, 6.45) is 3.10. The number of aromatic nitrogens is 1. The van der Waals surface area contributed by atoms with E-state index in [2.05, 4.69) is 11.4 Å². The molecule has 0 aliphatic heterocycles. The molecule has 0 saturated heterocycles. The Hall–Kier alpha value is -1.32. The van der Waals surface area contributed by atoms with Crippen molar-refractivity contribution in [2.24, 2.45) is 7.05 Å². The van der Waals surface area contributed by atoms with E-state index in [9.17, 15) is 8.42 Å². The smallest absolute Gasteiger partial charge is 0.153 e. The van der Waals surface area contributed by atoms with Crippen LogP contribution in [-0.2, 0) is 23.4 Å². The zero-order valence-corrected chi connectivity index (χ0v) is 12.0. The third-order valence-electron chi connectivity index (χ3n) is 3.06. The summed E-state index contributed by atoms with van der Waals surface area (Å²) >= 11 is 0. The minimum absolute atomic E-state index is 0.378. The van der Waals surface area contributed by atoms with Crippen LogP contribution in [0.2, 0.25) is 0 Å². The van der Waals surface area contributed by atoms with Gasteiger partial charge in [-0.05, 0) is 25.5 Å². The van der Waals surface area contributed by atoms with Gasteiger partial charge in [0.15, 0.2) is 9.84 Å². The van der Waals surface area contributed by atoms with Crippen LogP contribution in [0.25, 0.3) is 0 Å². The molecule has 5 nitrogen and oxygen atoms in total. The lowest BCUT2D eigenvalue weighted by molar-refractivity contribution is 0.521. The van der Waals surface area contributed by atoms with E-state index < -0.39 is 14.6 Å². The van der Waals surface area contributed by atoms with Crippen molar-refractivity contribution in [2.45, 2.75) is 25.1 Å². The Labute approximate surface area is 108 Å². The molecule has 0 aromatic carbocycles. The average molecular weight is 269 g/mol. The van der Waals surface area contributed by atoms with Crippen LogP contribution >= 0.6 is 0 Å². The first-order chi connectivity index (χ1) is 8.17. The lowest BCUT2D eigenvalue weighted by Crippen LogP contribution is -2.41. The van der Waals surface area contributed by atoms with Gasteiger partial charge in [-0.2, -0.15) is 5.26 Å². The summed E-state index contributed by atoms with van der Waals surface area (Å²) in [4.78, 5) is 0. The molecule has 0 atom stereocenters. The van der Waals surface area contributed by atoms with Crippen LogP contribution in [0.4, 0.5) is 0 Å². The van der Waals surface area contributed by atoms with Crippen molar-refractivity contribution in [3.8, 4) is 6.07 Å². The first kappa shape index (κ1) is 14.7. The van der Waals surface area contributed by atoms with Gasteiger partial charge < -0.3 is 9.88 Å². The van der Waals surface area contributed by atoms with Gasteiger partial charge >= 0.3 is 0 Å². The Balaban J connectivity index is 2.60. The first-order valence-electron chi connectivity index (χ1n) is 5.63. The molecule has 0 aliphatic rings. The van der Waals surface area contributed by atoms with Crippen molar-refractivity contribution in [1.29, 1.82) is 5.26 Å². The molecular formula is C12H19N3O2S. The summed E-state index contributed by atoms with van der Waals surface area (Å²) in [6.45, 7) is 4.32. The number of nitrogens with one attached hydrogen (secondary N) is 1. The van der Waals surface area contributed by atoms with Crippen molar-refractivity contribution < 1.29 is 8.42 Å². The molecule has 0 bridgehead atoms. The summed E-state index contributed by atoms with van der Waals surface area (Å²) in [5.74, 6) is 0. The Morgan fingerprint density at radius 3 is 2.56 bits per heavy atom. The molecule has 0 radical (unpaired) electrons. The highest BCUT2D eigenvalue weighted by molar-refractivity contribution is 7.92. The second-order valence-electron chi connectivity index (χ2n) is 5.09. The predicted molar refractivity (Wildman–Crippen MR) is 70.8 cm³/mol. The number of hydrogen-bond donors (Lipinski definition) is 1. The van der Waals surface area contributed by atoms with Gasteiger partial charge in [0.2, 0.25) is 0 Å². The van der Waals surface area contributed by atoms with Gasteiger partial charge in [-0.1, -0.05) is 0 Å². The third-order valence-corrected chi connectivity index (χ3v) is 5.21. The van der Waals surface area contributed by atoms with Crippen molar-refractivity contribution in [2.75, 3.05) is 12.8 Å². The first-order valence-corrected chi connectivity index (χ1v) is 7.52. The number of nitrogens with zero attached hydrogens (tertiary/aromatic N) is 2. The minimum atomic E-state index is -3.08. The van der Waals surface area contributed by atoms with Gasteiger partial charge in [-0.15, -0.1) is 0 Å². The van der Waals surface area contributed by atoms with Gasteiger partial charge in [-0.25, -0.2) is 8.42 Å². The predicted octanol–water partition coefficient (Wildman–Crippen LogP) is 0.810. The zero-order valence-electron chi connectivity index (χ0n) is 11.2. The quantitative estimate of drug-likeness (QED) is 0.858. The molecule has 0 unspecified atom stereocenters. The molecular weight excluding hydrogens is 250 g/mol. The van der Waals surface area contributed by atoms with E-state index in [1.807, 2.05) is 13.2 Å². The fourth-order valence-electron chi connectivity index (χ4n) is 1.48. The molecule has 0 saturated carbocycles. The van der Waals surface area contributed by atoms with Crippen molar-refractivity contribution in [3.05, 3.63) is 23.5 Å². The zero-order chi connectivity index (χ0) is 14.0. The summed E-state index contributed by atoms with van der Waals surface area (Å²) < 4.78 is 24.0. The van der Waals surface area contributed by atoms with Crippen LogP contribution in [0.3, 0.4) is 0 Å². The van der Waals surface area contributed by atoms with E-state index in [1.54, 1.807) is 24.5 Å². The highest BCUT2D eigenvalue weighted by Crippen LogP contribution is 2.14. The van der Waals surface area contributed by atoms with E-state index >= 15 is 0 Å². The van der Waals surface area contributed by atoms with E-state index in [1.165, 1.54) is 6.26 Å². The van der Waals surface area contributed by atoms with E-state index in [4.69, 9.17) is 5.26 Å². The van der Waals surface area contributed by atoms with Crippen LogP contribution in [0, 0.1) is 11.3 Å². The minimum Gasteiger partial charge on any atom is -0.342 e. The molecule has 100 valence electrons. The molecule has 1 rings (SSSR count). The van der Waals surface area contributed by atoms with Crippen LogP contribution in [-0.4, -0.2) is 30.5 Å². The van der Waals surface area contributed by atoms with Crippen molar-refractivity contribution in [1.82, 2.24) is 9.88 Å². The second kappa shape index (κ2) is 5.12. The highest BCUT2D eigenvalue weighted by Gasteiger charge is 2.29. The number of rotatable bonds is 5. The maximum atomic E-state index is 11.5. The standard InChI is InChI=1S/C12H19N3O2S/c1-12(2,18(4,16)17)9-14-7-10-5-11(6-13)15(3)8-10/h5,8,14H,7,9H2,1-4H3. The lowest BCUT2D eigenvalue weighted by atomic mass is 10.2. The number of hydrogen-bond acceptors (Lipinski definition) is 4. The molecule has 0 spiro atoms. The average Bonchev–Trinajstić information content (AvgIpc) is 2.57. The molecule has 18 heavy (non-hydrogen) atoms. The molecule has 6 heteroatoms.